The molecule has 2 rings (SSSR count). The van der Waals surface area contributed by atoms with Crippen molar-refractivity contribution in [3.63, 3.8) is 0 Å². The van der Waals surface area contributed by atoms with Crippen LogP contribution in [0, 0.1) is 0 Å². The molecule has 0 amide bonds. The molecule has 10 heavy (non-hydrogen) atoms. The molecule has 0 aliphatic carbocycles. The Morgan fingerprint density at radius 2 is 2.40 bits per heavy atom. The first kappa shape index (κ1) is 6.55. The zero-order valence-corrected chi connectivity index (χ0v) is 5.94. The highest BCUT2D eigenvalue weighted by Crippen LogP contribution is 2.35. The smallest absolute Gasteiger partial charge is 0.163 e. The quantitative estimate of drug-likeness (QED) is 0.486. The Morgan fingerprint density at radius 1 is 1.60 bits per heavy atom. The monoisotopic (exact) mass is 144 g/mol. The first-order valence-corrected chi connectivity index (χ1v) is 3.90. The third-order valence-electron chi connectivity index (χ3n) is 2.52. The molecule has 0 saturated carbocycles. The number of fused-ring (bicyclic) bond motifs is 2. The molecule has 2 heterocycles. The average Bonchev–Trinajstić information content (AvgIpc) is 2.06. The maximum Gasteiger partial charge on any atom is 0.163 e. The molecule has 0 spiro atoms. The molecule has 3 heteroatoms. The molecular weight excluding hydrogens is 131 g/mol. The van der Waals surface area contributed by atoms with Crippen molar-refractivity contribution in [2.24, 2.45) is 5.73 Å². The number of hydrogen-bond acceptors (Lipinski definition) is 2. The van der Waals surface area contributed by atoms with E-state index in [1.807, 2.05) is 0 Å². The maximum atomic E-state index is 13.4. The van der Waals surface area contributed by atoms with Gasteiger partial charge in [-0.3, -0.25) is 5.32 Å². The van der Waals surface area contributed by atoms with E-state index in [1.54, 1.807) is 0 Å². The molecule has 2 saturated heterocycles. The summed E-state index contributed by atoms with van der Waals surface area (Å²) in [6.45, 7) is 0. The molecule has 2 aliphatic heterocycles. The van der Waals surface area contributed by atoms with Gasteiger partial charge >= 0.3 is 0 Å². The van der Waals surface area contributed by atoms with E-state index in [2.05, 4.69) is 5.32 Å². The van der Waals surface area contributed by atoms with E-state index in [0.29, 0.717) is 18.9 Å². The minimum atomic E-state index is -1.11. The van der Waals surface area contributed by atoms with Crippen molar-refractivity contribution in [1.29, 1.82) is 0 Å². The van der Waals surface area contributed by atoms with E-state index in [0.717, 1.165) is 12.8 Å². The lowest BCUT2D eigenvalue weighted by molar-refractivity contribution is 0.0898. The van der Waals surface area contributed by atoms with Crippen LogP contribution in [0.15, 0.2) is 0 Å². The molecular formula is C7H13FN2. The predicted octanol–water partition coefficient (Wildman–Crippen LogP) is 0.525. The number of hydrogen-bond donors (Lipinski definition) is 2. The first-order valence-electron chi connectivity index (χ1n) is 3.90. The Kier molecular flexibility index (Phi) is 1.26. The SMILES string of the molecule is NC1CC2CCC(F)(C1)N2. The third-order valence-corrected chi connectivity index (χ3v) is 2.52. The highest BCUT2D eigenvalue weighted by Gasteiger charge is 2.44. The zero-order valence-electron chi connectivity index (χ0n) is 5.94. The van der Waals surface area contributed by atoms with Crippen molar-refractivity contribution in [2.75, 3.05) is 0 Å². The van der Waals surface area contributed by atoms with E-state index in [4.69, 9.17) is 5.73 Å². The van der Waals surface area contributed by atoms with Crippen molar-refractivity contribution in [3.8, 4) is 0 Å². The van der Waals surface area contributed by atoms with Gasteiger partial charge < -0.3 is 5.73 Å². The fourth-order valence-electron chi connectivity index (χ4n) is 2.12. The van der Waals surface area contributed by atoms with Crippen molar-refractivity contribution in [3.05, 3.63) is 0 Å². The Bertz CT molecular complexity index is 151. The topological polar surface area (TPSA) is 38.0 Å². The van der Waals surface area contributed by atoms with Crippen LogP contribution in [0.25, 0.3) is 0 Å². The van der Waals surface area contributed by atoms with Gasteiger partial charge in [-0.05, 0) is 19.3 Å². The second kappa shape index (κ2) is 1.92. The number of halogens is 1. The second-order valence-electron chi connectivity index (χ2n) is 3.55. The molecule has 0 aromatic carbocycles. The van der Waals surface area contributed by atoms with E-state index in [1.165, 1.54) is 0 Å². The van der Waals surface area contributed by atoms with Gasteiger partial charge in [0.1, 0.15) is 0 Å². The molecule has 0 radical (unpaired) electrons. The number of alkyl halides is 1. The largest absolute Gasteiger partial charge is 0.327 e. The van der Waals surface area contributed by atoms with E-state index >= 15 is 0 Å². The summed E-state index contributed by atoms with van der Waals surface area (Å²) in [5.74, 6) is -1.11. The van der Waals surface area contributed by atoms with Gasteiger partial charge in [-0.25, -0.2) is 4.39 Å². The molecule has 3 N–H and O–H groups in total. The summed E-state index contributed by atoms with van der Waals surface area (Å²) in [7, 11) is 0. The minimum absolute atomic E-state index is 0.0822. The Balaban J connectivity index is 2.13. The molecule has 58 valence electrons. The fourth-order valence-corrected chi connectivity index (χ4v) is 2.12. The first-order chi connectivity index (χ1) is 4.68. The van der Waals surface area contributed by atoms with Gasteiger partial charge in [0.25, 0.3) is 0 Å². The Labute approximate surface area is 60.0 Å². The predicted molar refractivity (Wildman–Crippen MR) is 37.2 cm³/mol. The van der Waals surface area contributed by atoms with Crippen LogP contribution in [-0.4, -0.2) is 17.9 Å². The standard InChI is InChI=1S/C7H13FN2/c8-7-2-1-6(10-7)3-5(9)4-7/h5-6,10H,1-4,9H2. The number of nitrogens with two attached hydrogens (primary N) is 1. The van der Waals surface area contributed by atoms with E-state index in [9.17, 15) is 4.39 Å². The lowest BCUT2D eigenvalue weighted by Crippen LogP contribution is -2.50. The van der Waals surface area contributed by atoms with Crippen LogP contribution in [-0.2, 0) is 0 Å². The van der Waals surface area contributed by atoms with Gasteiger partial charge in [-0.2, -0.15) is 0 Å². The van der Waals surface area contributed by atoms with Crippen LogP contribution >= 0.6 is 0 Å². The Morgan fingerprint density at radius 3 is 3.10 bits per heavy atom. The summed E-state index contributed by atoms with van der Waals surface area (Å²) in [5.41, 5.74) is 5.66. The van der Waals surface area contributed by atoms with Gasteiger partial charge in [-0.15, -0.1) is 0 Å². The molecule has 0 aromatic rings. The fraction of sp³-hybridized carbons (Fsp3) is 1.00. The summed E-state index contributed by atoms with van der Waals surface area (Å²) >= 11 is 0. The molecule has 2 aliphatic rings. The van der Waals surface area contributed by atoms with Crippen LogP contribution in [0.5, 0.6) is 0 Å². The number of piperidine rings is 1. The van der Waals surface area contributed by atoms with Crippen LogP contribution in [0.3, 0.4) is 0 Å². The van der Waals surface area contributed by atoms with Gasteiger partial charge in [0.2, 0.25) is 0 Å². The maximum absolute atomic E-state index is 13.4. The van der Waals surface area contributed by atoms with Crippen LogP contribution in [0.4, 0.5) is 4.39 Å². The average molecular weight is 144 g/mol. The van der Waals surface area contributed by atoms with E-state index < -0.39 is 5.79 Å². The van der Waals surface area contributed by atoms with Crippen molar-refractivity contribution in [1.82, 2.24) is 5.32 Å². The van der Waals surface area contributed by atoms with Crippen LogP contribution in [0.1, 0.15) is 25.7 Å². The van der Waals surface area contributed by atoms with Gasteiger partial charge in [0.15, 0.2) is 5.79 Å². The van der Waals surface area contributed by atoms with E-state index in [-0.39, 0.29) is 6.04 Å². The lowest BCUT2D eigenvalue weighted by atomic mass is 9.99. The summed E-state index contributed by atoms with van der Waals surface area (Å²) in [5, 5.41) is 2.95. The van der Waals surface area contributed by atoms with Crippen molar-refractivity contribution in [2.45, 2.75) is 43.6 Å². The van der Waals surface area contributed by atoms with Gasteiger partial charge in [0, 0.05) is 18.5 Å². The molecule has 2 bridgehead atoms. The molecule has 3 unspecified atom stereocenters. The number of rotatable bonds is 0. The van der Waals surface area contributed by atoms with Crippen molar-refractivity contribution >= 4 is 0 Å². The molecule has 0 aromatic heterocycles. The lowest BCUT2D eigenvalue weighted by Gasteiger charge is -2.31. The highest BCUT2D eigenvalue weighted by atomic mass is 19.1. The minimum Gasteiger partial charge on any atom is -0.327 e. The Hall–Kier alpha value is -0.150. The molecule has 2 fully saturated rings. The third kappa shape index (κ3) is 0.935. The summed E-state index contributed by atoms with van der Waals surface area (Å²) in [6, 6.07) is 0.437. The van der Waals surface area contributed by atoms with Gasteiger partial charge in [0.05, 0.1) is 0 Å². The molecule has 2 nitrogen and oxygen atoms in total. The summed E-state index contributed by atoms with van der Waals surface area (Å²) in [4.78, 5) is 0. The van der Waals surface area contributed by atoms with Crippen LogP contribution < -0.4 is 11.1 Å². The normalized spacial score (nSPS) is 53.4. The zero-order chi connectivity index (χ0) is 7.19. The second-order valence-corrected chi connectivity index (χ2v) is 3.55. The summed E-state index contributed by atoms with van der Waals surface area (Å²) in [6.07, 6.45) is 3.07. The summed E-state index contributed by atoms with van der Waals surface area (Å²) < 4.78 is 13.4. The highest BCUT2D eigenvalue weighted by molar-refractivity contribution is 4.98. The number of nitrogens with one attached hydrogen (secondary N) is 1. The molecule has 3 atom stereocenters. The van der Waals surface area contributed by atoms with Crippen LogP contribution in [0.2, 0.25) is 0 Å². The van der Waals surface area contributed by atoms with Crippen molar-refractivity contribution < 1.29 is 4.39 Å². The van der Waals surface area contributed by atoms with Gasteiger partial charge in [-0.1, -0.05) is 0 Å².